The number of rotatable bonds is 4. The molecule has 0 radical (unpaired) electrons. The van der Waals surface area contributed by atoms with Crippen molar-refractivity contribution < 1.29 is 4.79 Å². The molecule has 3 rings (SSSR count). The quantitative estimate of drug-likeness (QED) is 0.489. The van der Waals surface area contributed by atoms with E-state index in [1.54, 1.807) is 0 Å². The Bertz CT molecular complexity index is 753. The second-order valence-electron chi connectivity index (χ2n) is 4.49. The lowest BCUT2D eigenvalue weighted by Crippen LogP contribution is -2.01. The number of halogens is 1. The summed E-state index contributed by atoms with van der Waals surface area (Å²) in [5, 5.41) is 1.45. The van der Waals surface area contributed by atoms with Crippen LogP contribution in [0.15, 0.2) is 60.7 Å². The number of thiazole rings is 1. The predicted molar refractivity (Wildman–Crippen MR) is 90.1 cm³/mol. The first-order chi connectivity index (χ1) is 10.3. The summed E-state index contributed by atoms with van der Waals surface area (Å²) in [6.07, 6.45) is 0. The fourth-order valence-electron chi connectivity index (χ4n) is 2.04. The van der Waals surface area contributed by atoms with E-state index in [4.69, 9.17) is 0 Å². The molecule has 0 atom stereocenters. The number of nitrogens with zero attached hydrogens (tertiary/aromatic N) is 1. The number of hydrogen-bond acceptors (Lipinski definition) is 3. The van der Waals surface area contributed by atoms with E-state index in [0.29, 0.717) is 15.8 Å². The molecule has 2 nitrogen and oxygen atoms in total. The van der Waals surface area contributed by atoms with Crippen molar-refractivity contribution in [3.05, 3.63) is 76.8 Å². The van der Waals surface area contributed by atoms with Crippen LogP contribution in [0.3, 0.4) is 0 Å². The van der Waals surface area contributed by atoms with Gasteiger partial charge in [0.2, 0.25) is 5.78 Å². The van der Waals surface area contributed by atoms with Crippen LogP contribution in [-0.2, 0) is 5.33 Å². The molecule has 0 aliphatic carbocycles. The molecule has 4 heteroatoms. The predicted octanol–water partition coefficient (Wildman–Crippen LogP) is 4.94. The van der Waals surface area contributed by atoms with Crippen LogP contribution in [0.2, 0.25) is 0 Å². The Morgan fingerprint density at radius 2 is 1.62 bits per heavy atom. The lowest BCUT2D eigenvalue weighted by Gasteiger charge is -1.98. The summed E-state index contributed by atoms with van der Waals surface area (Å²) in [5.74, 6) is 0.0322. The Hall–Kier alpha value is -1.78. The largest absolute Gasteiger partial charge is 0.288 e. The van der Waals surface area contributed by atoms with E-state index in [9.17, 15) is 4.79 Å². The third-order valence-electron chi connectivity index (χ3n) is 3.09. The second kappa shape index (κ2) is 6.33. The van der Waals surface area contributed by atoms with Gasteiger partial charge in [0.05, 0.1) is 10.6 Å². The Morgan fingerprint density at radius 1 is 1.00 bits per heavy atom. The highest BCUT2D eigenvalue weighted by molar-refractivity contribution is 9.08. The monoisotopic (exact) mass is 357 g/mol. The fourth-order valence-corrected chi connectivity index (χ4v) is 3.69. The summed E-state index contributed by atoms with van der Waals surface area (Å²) in [7, 11) is 0. The number of alkyl halides is 1. The van der Waals surface area contributed by atoms with Crippen LogP contribution < -0.4 is 0 Å². The Balaban J connectivity index is 2.03. The van der Waals surface area contributed by atoms with Gasteiger partial charge < -0.3 is 0 Å². The van der Waals surface area contributed by atoms with Gasteiger partial charge in [-0.05, 0) is 0 Å². The van der Waals surface area contributed by atoms with E-state index in [1.807, 2.05) is 60.7 Å². The third kappa shape index (κ3) is 2.96. The highest BCUT2D eigenvalue weighted by atomic mass is 79.9. The Kier molecular flexibility index (Phi) is 4.27. The van der Waals surface area contributed by atoms with Gasteiger partial charge in [-0.1, -0.05) is 76.6 Å². The third-order valence-corrected chi connectivity index (χ3v) is 4.76. The fraction of sp³-hybridized carbons (Fsp3) is 0.0588. The van der Waals surface area contributed by atoms with E-state index in [1.165, 1.54) is 11.3 Å². The zero-order valence-electron chi connectivity index (χ0n) is 11.1. The van der Waals surface area contributed by atoms with Crippen LogP contribution in [0.4, 0.5) is 0 Å². The van der Waals surface area contributed by atoms with Crippen LogP contribution in [0.25, 0.3) is 10.6 Å². The lowest BCUT2D eigenvalue weighted by molar-refractivity contribution is 0.104. The molecule has 1 heterocycles. The molecular weight excluding hydrogens is 346 g/mol. The van der Waals surface area contributed by atoms with Crippen molar-refractivity contribution >= 4 is 33.0 Å². The number of carbonyl (C=O) groups excluding carboxylic acids is 1. The number of carbonyl (C=O) groups is 1. The van der Waals surface area contributed by atoms with Gasteiger partial charge in [-0.15, -0.1) is 11.3 Å². The molecule has 0 bridgehead atoms. The smallest absolute Gasteiger partial charge is 0.204 e. The minimum atomic E-state index is 0.0322. The zero-order chi connectivity index (χ0) is 14.7. The minimum Gasteiger partial charge on any atom is -0.288 e. The molecule has 0 aliphatic heterocycles. The molecule has 0 spiro atoms. The maximum atomic E-state index is 12.6. The zero-order valence-corrected chi connectivity index (χ0v) is 13.5. The van der Waals surface area contributed by atoms with Crippen LogP contribution in [0, 0.1) is 0 Å². The standard InChI is InChI=1S/C17H12BrNOS/c18-11-14-16(15(20)12-7-3-1-4-8-12)21-17(19-14)13-9-5-2-6-10-13/h1-10H,11H2. The van der Waals surface area contributed by atoms with Crippen molar-refractivity contribution in [2.45, 2.75) is 5.33 Å². The van der Waals surface area contributed by atoms with Gasteiger partial charge in [-0.25, -0.2) is 4.98 Å². The molecule has 2 aromatic carbocycles. The van der Waals surface area contributed by atoms with Gasteiger partial charge in [0.25, 0.3) is 0 Å². The van der Waals surface area contributed by atoms with Crippen molar-refractivity contribution in [2.75, 3.05) is 0 Å². The number of benzene rings is 2. The SMILES string of the molecule is O=C(c1ccccc1)c1sc(-c2ccccc2)nc1CBr. The highest BCUT2D eigenvalue weighted by Crippen LogP contribution is 2.30. The number of ketones is 1. The molecule has 3 aromatic rings. The first-order valence-corrected chi connectivity index (χ1v) is 8.44. The van der Waals surface area contributed by atoms with Crippen LogP contribution in [-0.4, -0.2) is 10.8 Å². The average Bonchev–Trinajstić information content (AvgIpc) is 3.00. The van der Waals surface area contributed by atoms with E-state index >= 15 is 0 Å². The summed E-state index contributed by atoms with van der Waals surface area (Å²) in [6, 6.07) is 19.3. The number of hydrogen-bond donors (Lipinski definition) is 0. The van der Waals surface area contributed by atoms with Crippen molar-refractivity contribution in [3.63, 3.8) is 0 Å². The van der Waals surface area contributed by atoms with E-state index in [0.717, 1.165) is 16.3 Å². The highest BCUT2D eigenvalue weighted by Gasteiger charge is 2.19. The topological polar surface area (TPSA) is 30.0 Å². The van der Waals surface area contributed by atoms with Crippen LogP contribution in [0.1, 0.15) is 20.9 Å². The first-order valence-electron chi connectivity index (χ1n) is 6.50. The van der Waals surface area contributed by atoms with Gasteiger partial charge in [0.15, 0.2) is 0 Å². The maximum Gasteiger partial charge on any atom is 0.204 e. The summed E-state index contributed by atoms with van der Waals surface area (Å²) in [4.78, 5) is 17.9. The molecular formula is C17H12BrNOS. The van der Waals surface area contributed by atoms with Crippen molar-refractivity contribution in [2.24, 2.45) is 0 Å². The van der Waals surface area contributed by atoms with Gasteiger partial charge in [0, 0.05) is 16.5 Å². The summed E-state index contributed by atoms with van der Waals surface area (Å²) in [6.45, 7) is 0. The van der Waals surface area contributed by atoms with Crippen LogP contribution in [0.5, 0.6) is 0 Å². The molecule has 0 saturated carbocycles. The second-order valence-corrected chi connectivity index (χ2v) is 6.05. The normalized spacial score (nSPS) is 10.5. The van der Waals surface area contributed by atoms with Crippen molar-refractivity contribution in [1.29, 1.82) is 0 Å². The molecule has 1 aromatic heterocycles. The average molecular weight is 358 g/mol. The molecule has 0 amide bonds. The minimum absolute atomic E-state index is 0.0322. The van der Waals surface area contributed by atoms with Gasteiger partial charge >= 0.3 is 0 Å². The summed E-state index contributed by atoms with van der Waals surface area (Å²) in [5.41, 5.74) is 2.53. The van der Waals surface area contributed by atoms with E-state index in [-0.39, 0.29) is 5.78 Å². The first kappa shape index (κ1) is 14.2. The molecule has 104 valence electrons. The van der Waals surface area contributed by atoms with Gasteiger partial charge in [-0.3, -0.25) is 4.79 Å². The van der Waals surface area contributed by atoms with E-state index in [2.05, 4.69) is 20.9 Å². The molecule has 0 unspecified atom stereocenters. The van der Waals surface area contributed by atoms with Crippen molar-refractivity contribution in [1.82, 2.24) is 4.98 Å². The molecule has 0 fully saturated rings. The van der Waals surface area contributed by atoms with E-state index < -0.39 is 0 Å². The maximum absolute atomic E-state index is 12.6. The van der Waals surface area contributed by atoms with Crippen LogP contribution >= 0.6 is 27.3 Å². The van der Waals surface area contributed by atoms with Gasteiger partial charge in [-0.2, -0.15) is 0 Å². The molecule has 21 heavy (non-hydrogen) atoms. The number of aromatic nitrogens is 1. The van der Waals surface area contributed by atoms with Crippen molar-refractivity contribution in [3.8, 4) is 10.6 Å². The lowest BCUT2D eigenvalue weighted by atomic mass is 10.1. The summed E-state index contributed by atoms with van der Waals surface area (Å²) >= 11 is 4.88. The summed E-state index contributed by atoms with van der Waals surface area (Å²) < 4.78 is 0. The molecule has 0 saturated heterocycles. The molecule has 0 aliphatic rings. The van der Waals surface area contributed by atoms with Gasteiger partial charge in [0.1, 0.15) is 5.01 Å². The Labute approximate surface area is 135 Å². The molecule has 0 N–H and O–H groups in total. The Morgan fingerprint density at radius 3 is 2.24 bits per heavy atom.